The molecule has 0 fully saturated rings. The summed E-state index contributed by atoms with van der Waals surface area (Å²) in [5.41, 5.74) is 2.55. The van der Waals surface area contributed by atoms with Gasteiger partial charge in [-0.25, -0.2) is 0 Å². The third-order valence-corrected chi connectivity index (χ3v) is 3.55. The highest BCUT2D eigenvalue weighted by Gasteiger charge is 2.18. The lowest BCUT2D eigenvalue weighted by atomic mass is 9.93. The first-order valence-electron chi connectivity index (χ1n) is 7.49. The lowest BCUT2D eigenvalue weighted by molar-refractivity contribution is 0.242. The first-order valence-corrected chi connectivity index (χ1v) is 7.90. The van der Waals surface area contributed by atoms with Crippen LogP contribution in [-0.4, -0.2) is 37.2 Å². The van der Waals surface area contributed by atoms with Crippen molar-refractivity contribution < 1.29 is 0 Å². The third kappa shape index (κ3) is 6.91. The largest absolute Gasteiger partial charge is 0.362 e. The Bertz CT molecular complexity index is 450. The molecule has 3 nitrogen and oxygen atoms in total. The van der Waals surface area contributed by atoms with Crippen molar-refractivity contribution in [1.29, 1.82) is 0 Å². The molecule has 0 aliphatic heterocycles. The summed E-state index contributed by atoms with van der Waals surface area (Å²) < 4.78 is 0. The van der Waals surface area contributed by atoms with Crippen LogP contribution < -0.4 is 10.6 Å². The summed E-state index contributed by atoms with van der Waals surface area (Å²) in [5, 5.41) is 7.23. The Morgan fingerprint density at radius 3 is 2.24 bits per heavy atom. The molecule has 1 aromatic rings. The molecule has 0 bridgehead atoms. The fourth-order valence-corrected chi connectivity index (χ4v) is 2.55. The van der Waals surface area contributed by atoms with Crippen molar-refractivity contribution in [2.24, 2.45) is 5.41 Å². The normalized spacial score (nSPS) is 11.8. The van der Waals surface area contributed by atoms with E-state index in [0.717, 1.165) is 18.8 Å². The summed E-state index contributed by atoms with van der Waals surface area (Å²) in [7, 11) is 4.18. The van der Waals surface area contributed by atoms with E-state index >= 15 is 0 Å². The second-order valence-corrected chi connectivity index (χ2v) is 7.39. The average Bonchev–Trinajstić information content (AvgIpc) is 2.36. The van der Waals surface area contributed by atoms with Crippen LogP contribution in [0.3, 0.4) is 0 Å². The van der Waals surface area contributed by atoms with Gasteiger partial charge >= 0.3 is 0 Å². The second kappa shape index (κ2) is 7.76. The van der Waals surface area contributed by atoms with E-state index in [0.29, 0.717) is 11.0 Å². The number of hydrogen-bond donors (Lipinski definition) is 2. The zero-order chi connectivity index (χ0) is 16.0. The summed E-state index contributed by atoms with van der Waals surface area (Å²) in [6.07, 6.45) is 0. The van der Waals surface area contributed by atoms with Gasteiger partial charge in [-0.3, -0.25) is 0 Å². The standard InChI is InChI=1S/C17H29N3S/c1-13(2)14-7-9-15(10-8-14)19-16(21)18-11-17(3,4)12-20(5)6/h7-10,13H,11-12H2,1-6H3,(H2,18,19,21). The van der Waals surface area contributed by atoms with Crippen LogP contribution in [0, 0.1) is 5.41 Å². The van der Waals surface area contributed by atoms with Gasteiger partial charge in [0, 0.05) is 18.8 Å². The zero-order valence-corrected chi connectivity index (χ0v) is 15.0. The van der Waals surface area contributed by atoms with E-state index in [1.165, 1.54) is 5.56 Å². The molecule has 2 N–H and O–H groups in total. The van der Waals surface area contributed by atoms with Crippen molar-refractivity contribution in [3.63, 3.8) is 0 Å². The Labute approximate surface area is 135 Å². The third-order valence-electron chi connectivity index (χ3n) is 3.31. The summed E-state index contributed by atoms with van der Waals surface area (Å²) in [5.74, 6) is 0.552. The number of nitrogens with one attached hydrogen (secondary N) is 2. The number of anilines is 1. The number of thiocarbonyl (C=S) groups is 1. The fraction of sp³-hybridized carbons (Fsp3) is 0.588. The van der Waals surface area contributed by atoms with Gasteiger partial charge in [0.2, 0.25) is 0 Å². The molecule has 0 spiro atoms. The molecular weight excluding hydrogens is 278 g/mol. The Morgan fingerprint density at radius 2 is 1.76 bits per heavy atom. The van der Waals surface area contributed by atoms with Crippen LogP contribution in [0.25, 0.3) is 0 Å². The van der Waals surface area contributed by atoms with Crippen molar-refractivity contribution in [2.75, 3.05) is 32.5 Å². The Hall–Kier alpha value is -1.13. The minimum atomic E-state index is 0.177. The molecule has 0 heterocycles. The van der Waals surface area contributed by atoms with Gasteiger partial charge in [0.05, 0.1) is 0 Å². The number of nitrogens with zero attached hydrogens (tertiary/aromatic N) is 1. The van der Waals surface area contributed by atoms with E-state index in [-0.39, 0.29) is 5.41 Å². The summed E-state index contributed by atoms with van der Waals surface area (Å²) in [4.78, 5) is 2.20. The molecule has 4 heteroatoms. The lowest BCUT2D eigenvalue weighted by Crippen LogP contribution is -2.41. The van der Waals surface area contributed by atoms with Crippen LogP contribution in [0.2, 0.25) is 0 Å². The highest BCUT2D eigenvalue weighted by molar-refractivity contribution is 7.80. The van der Waals surface area contributed by atoms with E-state index in [2.05, 4.69) is 81.6 Å². The average molecular weight is 308 g/mol. The molecular formula is C17H29N3S. The molecule has 0 aromatic heterocycles. The van der Waals surface area contributed by atoms with Crippen molar-refractivity contribution >= 4 is 23.0 Å². The van der Waals surface area contributed by atoms with E-state index in [1.54, 1.807) is 0 Å². The highest BCUT2D eigenvalue weighted by Crippen LogP contribution is 2.17. The topological polar surface area (TPSA) is 27.3 Å². The summed E-state index contributed by atoms with van der Waals surface area (Å²) in [6.45, 7) is 10.7. The summed E-state index contributed by atoms with van der Waals surface area (Å²) >= 11 is 5.37. The maximum Gasteiger partial charge on any atom is 0.170 e. The van der Waals surface area contributed by atoms with Crippen LogP contribution in [0.5, 0.6) is 0 Å². The molecule has 0 amide bonds. The first-order chi connectivity index (χ1) is 9.69. The predicted molar refractivity (Wildman–Crippen MR) is 97.1 cm³/mol. The van der Waals surface area contributed by atoms with Crippen molar-refractivity contribution in [3.05, 3.63) is 29.8 Å². The first kappa shape index (κ1) is 17.9. The Kier molecular flexibility index (Phi) is 6.62. The molecule has 0 saturated heterocycles. The highest BCUT2D eigenvalue weighted by atomic mass is 32.1. The minimum absolute atomic E-state index is 0.177. The molecule has 0 atom stereocenters. The maximum absolute atomic E-state index is 5.37. The van der Waals surface area contributed by atoms with E-state index < -0.39 is 0 Å². The van der Waals surface area contributed by atoms with Gasteiger partial charge in [-0.1, -0.05) is 39.8 Å². The van der Waals surface area contributed by atoms with Gasteiger partial charge in [-0.15, -0.1) is 0 Å². The van der Waals surface area contributed by atoms with E-state index in [9.17, 15) is 0 Å². The quantitative estimate of drug-likeness (QED) is 0.784. The van der Waals surface area contributed by atoms with Crippen LogP contribution in [0.1, 0.15) is 39.2 Å². The van der Waals surface area contributed by atoms with Crippen molar-refractivity contribution in [1.82, 2.24) is 10.2 Å². The predicted octanol–water partition coefficient (Wildman–Crippen LogP) is 3.68. The molecule has 1 rings (SSSR count). The SMILES string of the molecule is CC(C)c1ccc(NC(=S)NCC(C)(C)CN(C)C)cc1. The molecule has 0 aliphatic carbocycles. The lowest BCUT2D eigenvalue weighted by Gasteiger charge is -2.29. The van der Waals surface area contributed by atoms with Crippen LogP contribution in [0.4, 0.5) is 5.69 Å². The fourth-order valence-electron chi connectivity index (χ4n) is 2.36. The van der Waals surface area contributed by atoms with Gasteiger partial charge in [-0.2, -0.15) is 0 Å². The van der Waals surface area contributed by atoms with Crippen molar-refractivity contribution in [2.45, 2.75) is 33.6 Å². The van der Waals surface area contributed by atoms with Crippen LogP contribution in [-0.2, 0) is 0 Å². The second-order valence-electron chi connectivity index (χ2n) is 6.99. The van der Waals surface area contributed by atoms with Gasteiger partial charge in [0.25, 0.3) is 0 Å². The van der Waals surface area contributed by atoms with Crippen LogP contribution >= 0.6 is 12.2 Å². The number of hydrogen-bond acceptors (Lipinski definition) is 2. The molecule has 1 aromatic carbocycles. The van der Waals surface area contributed by atoms with Gasteiger partial charge in [-0.05, 0) is 55.3 Å². The van der Waals surface area contributed by atoms with Gasteiger partial charge < -0.3 is 15.5 Å². The molecule has 0 saturated carbocycles. The summed E-state index contributed by atoms with van der Waals surface area (Å²) in [6, 6.07) is 8.44. The van der Waals surface area contributed by atoms with Crippen LogP contribution in [0.15, 0.2) is 24.3 Å². The van der Waals surface area contributed by atoms with Gasteiger partial charge in [0.15, 0.2) is 5.11 Å². The molecule has 118 valence electrons. The molecule has 0 radical (unpaired) electrons. The van der Waals surface area contributed by atoms with Crippen molar-refractivity contribution in [3.8, 4) is 0 Å². The van der Waals surface area contributed by atoms with E-state index in [1.807, 2.05) is 0 Å². The molecule has 0 aliphatic rings. The number of benzene rings is 1. The molecule has 21 heavy (non-hydrogen) atoms. The Morgan fingerprint density at radius 1 is 1.19 bits per heavy atom. The number of rotatable bonds is 6. The minimum Gasteiger partial charge on any atom is -0.362 e. The maximum atomic E-state index is 5.37. The monoisotopic (exact) mass is 307 g/mol. The van der Waals surface area contributed by atoms with Gasteiger partial charge in [0.1, 0.15) is 0 Å². The zero-order valence-electron chi connectivity index (χ0n) is 14.2. The molecule has 0 unspecified atom stereocenters. The van der Waals surface area contributed by atoms with E-state index in [4.69, 9.17) is 12.2 Å². The smallest absolute Gasteiger partial charge is 0.170 e. The Balaban J connectivity index is 2.47.